The van der Waals surface area contributed by atoms with Crippen molar-refractivity contribution in [1.82, 2.24) is 15.0 Å². The lowest BCUT2D eigenvalue weighted by molar-refractivity contribution is -0.117. The van der Waals surface area contributed by atoms with Crippen molar-refractivity contribution >= 4 is 44.7 Å². The summed E-state index contributed by atoms with van der Waals surface area (Å²) in [5.41, 5.74) is 2.59. The number of nitrogens with one attached hydrogen (secondary N) is 1. The van der Waals surface area contributed by atoms with Crippen LogP contribution >= 0.6 is 22.9 Å². The highest BCUT2D eigenvalue weighted by molar-refractivity contribution is 7.18. The average molecular weight is 445 g/mol. The summed E-state index contributed by atoms with van der Waals surface area (Å²) in [6.45, 7) is 8.49. The van der Waals surface area contributed by atoms with Gasteiger partial charge in [-0.1, -0.05) is 43.7 Å². The monoisotopic (exact) mass is 444 g/mol. The summed E-state index contributed by atoms with van der Waals surface area (Å²) in [7, 11) is 0. The molecule has 8 heteroatoms. The van der Waals surface area contributed by atoms with E-state index in [2.05, 4.69) is 36.4 Å². The van der Waals surface area contributed by atoms with Gasteiger partial charge in [-0.25, -0.2) is 4.68 Å². The van der Waals surface area contributed by atoms with Gasteiger partial charge in [0, 0.05) is 15.6 Å². The highest BCUT2D eigenvalue weighted by atomic mass is 35.5. The zero-order valence-electron chi connectivity index (χ0n) is 17.6. The number of benzene rings is 1. The van der Waals surface area contributed by atoms with Crippen LogP contribution in [0, 0.1) is 18.3 Å². The number of nitrogens with zero attached hydrogens (tertiary/aromatic N) is 3. The molecule has 1 aliphatic rings. The van der Waals surface area contributed by atoms with E-state index in [-0.39, 0.29) is 23.4 Å². The molecular weight excluding hydrogens is 420 g/mol. The SMILES string of the molecule is Cc1ccc(Cl)cc1NC(=O)Cn1nnc2sc3c(c2c1=O)CC[C@@H](C(C)(C)C)C3. The highest BCUT2D eigenvalue weighted by Crippen LogP contribution is 2.41. The molecule has 0 unspecified atom stereocenters. The number of carbonyl (C=O) groups is 1. The molecule has 1 N–H and O–H groups in total. The molecule has 0 saturated heterocycles. The fraction of sp³-hybridized carbons (Fsp3) is 0.455. The first-order valence-corrected chi connectivity index (χ1v) is 11.3. The Morgan fingerprint density at radius 1 is 1.37 bits per heavy atom. The normalized spacial score (nSPS) is 16.5. The standard InChI is InChI=1S/C22H25ClN4O2S/c1-12-5-7-14(23)10-16(12)24-18(28)11-27-21(29)19-15-8-6-13(22(2,3)4)9-17(15)30-20(19)25-26-27/h5,7,10,13H,6,8-9,11H2,1-4H3,(H,24,28)/t13-/m1/s1. The molecule has 0 spiro atoms. The molecule has 1 aromatic carbocycles. The zero-order chi connectivity index (χ0) is 21.6. The Bertz CT molecular complexity index is 1190. The number of halogens is 1. The molecule has 0 fully saturated rings. The average Bonchev–Trinajstić information content (AvgIpc) is 3.04. The quantitative estimate of drug-likeness (QED) is 0.640. The van der Waals surface area contributed by atoms with Crippen LogP contribution in [0.15, 0.2) is 23.0 Å². The predicted octanol–water partition coefficient (Wildman–Crippen LogP) is 4.60. The van der Waals surface area contributed by atoms with Crippen LogP contribution in [0.3, 0.4) is 0 Å². The largest absolute Gasteiger partial charge is 0.324 e. The Morgan fingerprint density at radius 2 is 2.13 bits per heavy atom. The van der Waals surface area contributed by atoms with Gasteiger partial charge in [0.2, 0.25) is 5.91 Å². The first-order chi connectivity index (χ1) is 14.1. The molecule has 2 aromatic heterocycles. The second kappa shape index (κ2) is 7.78. The number of hydrogen-bond acceptors (Lipinski definition) is 5. The number of rotatable bonds is 3. The van der Waals surface area contributed by atoms with Crippen molar-refractivity contribution in [2.75, 3.05) is 5.32 Å². The lowest BCUT2D eigenvalue weighted by atomic mass is 9.72. The van der Waals surface area contributed by atoms with Gasteiger partial charge >= 0.3 is 0 Å². The molecule has 30 heavy (non-hydrogen) atoms. The van der Waals surface area contributed by atoms with Crippen molar-refractivity contribution in [3.05, 3.63) is 49.6 Å². The summed E-state index contributed by atoms with van der Waals surface area (Å²) in [6, 6.07) is 5.28. The molecule has 4 rings (SSSR count). The number of carbonyl (C=O) groups excluding carboxylic acids is 1. The van der Waals surface area contributed by atoms with Crippen molar-refractivity contribution in [3.63, 3.8) is 0 Å². The Hall–Kier alpha value is -2.25. The molecule has 0 saturated carbocycles. The summed E-state index contributed by atoms with van der Waals surface area (Å²) >= 11 is 7.58. The maximum atomic E-state index is 13.1. The van der Waals surface area contributed by atoms with E-state index < -0.39 is 0 Å². The lowest BCUT2D eigenvalue weighted by Crippen LogP contribution is -2.31. The predicted molar refractivity (Wildman–Crippen MR) is 121 cm³/mol. The molecule has 1 aliphatic carbocycles. The minimum Gasteiger partial charge on any atom is -0.324 e. The minimum atomic E-state index is -0.340. The summed E-state index contributed by atoms with van der Waals surface area (Å²) in [5.74, 6) is 0.243. The van der Waals surface area contributed by atoms with E-state index in [4.69, 9.17) is 11.6 Å². The van der Waals surface area contributed by atoms with Crippen LogP contribution in [-0.2, 0) is 24.2 Å². The molecule has 1 atom stereocenters. The van der Waals surface area contributed by atoms with Crippen molar-refractivity contribution in [3.8, 4) is 0 Å². The van der Waals surface area contributed by atoms with Gasteiger partial charge in [-0.2, -0.15) is 0 Å². The fourth-order valence-electron chi connectivity index (χ4n) is 4.02. The zero-order valence-corrected chi connectivity index (χ0v) is 19.2. The van der Waals surface area contributed by atoms with Gasteiger partial charge in [-0.05, 0) is 60.8 Å². The van der Waals surface area contributed by atoms with E-state index in [1.165, 1.54) is 4.88 Å². The maximum absolute atomic E-state index is 13.1. The van der Waals surface area contributed by atoms with Crippen molar-refractivity contribution < 1.29 is 4.79 Å². The molecule has 158 valence electrons. The van der Waals surface area contributed by atoms with Gasteiger partial charge in [0.25, 0.3) is 5.56 Å². The van der Waals surface area contributed by atoms with Crippen LogP contribution in [-0.4, -0.2) is 20.9 Å². The number of aromatic nitrogens is 3. The van der Waals surface area contributed by atoms with Gasteiger partial charge in [0.05, 0.1) is 5.39 Å². The summed E-state index contributed by atoms with van der Waals surface area (Å²) < 4.78 is 1.15. The second-order valence-corrected chi connectivity index (χ2v) is 10.6. The molecule has 2 heterocycles. The van der Waals surface area contributed by atoms with Crippen LogP contribution in [0.4, 0.5) is 5.69 Å². The van der Waals surface area contributed by atoms with Crippen LogP contribution in [0.2, 0.25) is 5.02 Å². The number of aryl methyl sites for hydroxylation is 2. The van der Waals surface area contributed by atoms with Crippen LogP contribution in [0.25, 0.3) is 10.2 Å². The smallest absolute Gasteiger partial charge is 0.279 e. The maximum Gasteiger partial charge on any atom is 0.279 e. The van der Waals surface area contributed by atoms with Gasteiger partial charge in [-0.15, -0.1) is 16.4 Å². The minimum absolute atomic E-state index is 0.192. The molecule has 6 nitrogen and oxygen atoms in total. The number of anilines is 1. The Kier molecular flexibility index (Phi) is 5.45. The second-order valence-electron chi connectivity index (χ2n) is 9.05. The first kappa shape index (κ1) is 21.0. The Balaban J connectivity index is 1.61. The van der Waals surface area contributed by atoms with E-state index >= 15 is 0 Å². The third kappa shape index (κ3) is 4.01. The lowest BCUT2D eigenvalue weighted by Gasteiger charge is -2.33. The van der Waals surface area contributed by atoms with Crippen molar-refractivity contribution in [2.45, 2.75) is 53.5 Å². The summed E-state index contributed by atoms with van der Waals surface area (Å²) in [5, 5.41) is 12.2. The van der Waals surface area contributed by atoms with Crippen LogP contribution < -0.4 is 10.9 Å². The van der Waals surface area contributed by atoms with E-state index in [9.17, 15) is 9.59 Å². The highest BCUT2D eigenvalue weighted by Gasteiger charge is 2.32. The number of thiophene rings is 1. The van der Waals surface area contributed by atoms with Crippen LogP contribution in [0.1, 0.15) is 43.2 Å². The molecule has 1 amide bonds. The van der Waals surface area contributed by atoms with Gasteiger partial charge in [0.1, 0.15) is 6.54 Å². The van der Waals surface area contributed by atoms with E-state index in [0.717, 1.165) is 35.1 Å². The number of hydrogen-bond donors (Lipinski definition) is 1. The van der Waals surface area contributed by atoms with Crippen molar-refractivity contribution in [1.29, 1.82) is 0 Å². The van der Waals surface area contributed by atoms with E-state index in [0.29, 0.717) is 26.8 Å². The van der Waals surface area contributed by atoms with E-state index in [1.54, 1.807) is 23.5 Å². The van der Waals surface area contributed by atoms with Crippen molar-refractivity contribution in [2.24, 2.45) is 11.3 Å². The molecule has 0 bridgehead atoms. The van der Waals surface area contributed by atoms with Gasteiger partial charge < -0.3 is 5.32 Å². The fourth-order valence-corrected chi connectivity index (χ4v) is 5.43. The number of fused-ring (bicyclic) bond motifs is 3. The summed E-state index contributed by atoms with van der Waals surface area (Å²) in [4.78, 5) is 27.6. The summed E-state index contributed by atoms with van der Waals surface area (Å²) in [6.07, 6.45) is 2.89. The van der Waals surface area contributed by atoms with E-state index in [1.807, 2.05) is 13.0 Å². The Labute approximate surface area is 184 Å². The molecule has 3 aromatic rings. The third-order valence-corrected chi connectivity index (χ3v) is 7.30. The molecular formula is C22H25ClN4O2S. The third-order valence-electron chi connectivity index (χ3n) is 5.93. The molecule has 0 aliphatic heterocycles. The van der Waals surface area contributed by atoms with Gasteiger partial charge in [-0.3, -0.25) is 9.59 Å². The Morgan fingerprint density at radius 3 is 2.87 bits per heavy atom. The van der Waals surface area contributed by atoms with Gasteiger partial charge in [0.15, 0.2) is 4.83 Å². The molecule has 0 radical (unpaired) electrons. The first-order valence-electron chi connectivity index (χ1n) is 10.1. The van der Waals surface area contributed by atoms with Crippen LogP contribution in [0.5, 0.6) is 0 Å². The topological polar surface area (TPSA) is 76.9 Å². The number of amides is 1.